The van der Waals surface area contributed by atoms with Gasteiger partial charge in [-0.25, -0.2) is 0 Å². The topological polar surface area (TPSA) is 103 Å². The van der Waals surface area contributed by atoms with Gasteiger partial charge in [0.1, 0.15) is 0 Å². The molecule has 1 amide bonds. The molecule has 2 saturated carbocycles. The third kappa shape index (κ3) is 5.53. The molecule has 3 aromatic rings. The number of rotatable bonds is 8. The fraction of sp³-hybridized carbons (Fsp3) is 0.516. The van der Waals surface area contributed by atoms with E-state index in [0.29, 0.717) is 29.1 Å². The lowest BCUT2D eigenvalue weighted by Crippen LogP contribution is -2.47. The number of pyridine rings is 1. The Kier molecular flexibility index (Phi) is 8.20. The molecular formula is C31H39N5O2S. The molecule has 39 heavy (non-hydrogen) atoms. The molecule has 2 fully saturated rings. The van der Waals surface area contributed by atoms with Gasteiger partial charge in [0.25, 0.3) is 11.5 Å². The third-order valence-electron chi connectivity index (χ3n) is 8.91. The molecule has 1 atom stereocenters. The number of amides is 1. The van der Waals surface area contributed by atoms with E-state index in [1.54, 1.807) is 0 Å². The largest absolute Gasteiger partial charge is 0.348 e. The van der Waals surface area contributed by atoms with Gasteiger partial charge in [0.05, 0.1) is 11.6 Å². The molecule has 0 unspecified atom stereocenters. The number of nitrogens with one attached hydrogen (secondary N) is 3. The molecule has 8 heteroatoms. The fourth-order valence-electron chi connectivity index (χ4n) is 6.67. The number of nitrogens with zero attached hydrogens (tertiary/aromatic N) is 2. The first-order valence-corrected chi connectivity index (χ1v) is 15.3. The lowest BCUT2D eigenvalue weighted by molar-refractivity contribution is 0.0951. The summed E-state index contributed by atoms with van der Waals surface area (Å²) in [5.74, 6) is 0.628. The van der Waals surface area contributed by atoms with Gasteiger partial charge in [0.15, 0.2) is 0 Å². The van der Waals surface area contributed by atoms with Crippen LogP contribution in [0.1, 0.15) is 78.8 Å². The molecule has 0 spiro atoms. The number of hydrogen-bond donors (Lipinski definition) is 3. The average Bonchev–Trinajstić information content (AvgIpc) is 3.20. The van der Waals surface area contributed by atoms with Crippen LogP contribution in [-0.2, 0) is 6.54 Å². The summed E-state index contributed by atoms with van der Waals surface area (Å²) in [5, 5.41) is 16.8. The van der Waals surface area contributed by atoms with Crippen molar-refractivity contribution in [3.8, 4) is 6.07 Å². The Hall–Kier alpha value is -3.02. The quantitative estimate of drug-likeness (QED) is 0.319. The van der Waals surface area contributed by atoms with Crippen LogP contribution >= 0.6 is 11.8 Å². The second-order valence-corrected chi connectivity index (χ2v) is 12.2. The van der Waals surface area contributed by atoms with Crippen LogP contribution in [0.25, 0.3) is 10.9 Å². The highest BCUT2D eigenvalue weighted by atomic mass is 32.2. The SMILES string of the molecule is CSc1cc(C)[nH]c(=O)c1CNC(=O)c1c(C)n([C@H](C)C2CCC(NC3CC(C#N)C3)CC2)c2ccccc12. The number of nitriles is 1. The van der Waals surface area contributed by atoms with Crippen LogP contribution in [0.15, 0.2) is 40.0 Å². The first-order chi connectivity index (χ1) is 18.8. The molecule has 1 aromatic carbocycles. The number of benzene rings is 1. The van der Waals surface area contributed by atoms with Crippen LogP contribution < -0.4 is 16.2 Å². The molecule has 206 valence electrons. The maximum atomic E-state index is 13.6. The van der Waals surface area contributed by atoms with Gasteiger partial charge in [0, 0.05) is 63.3 Å². The Morgan fingerprint density at radius 1 is 1.18 bits per heavy atom. The Morgan fingerprint density at radius 3 is 2.59 bits per heavy atom. The summed E-state index contributed by atoms with van der Waals surface area (Å²) >= 11 is 1.52. The summed E-state index contributed by atoms with van der Waals surface area (Å²) in [6.45, 7) is 6.39. The first-order valence-electron chi connectivity index (χ1n) is 14.1. The first kappa shape index (κ1) is 27.5. The Balaban J connectivity index is 1.32. The predicted octanol–water partition coefficient (Wildman–Crippen LogP) is 5.61. The number of carbonyl (C=O) groups is 1. The van der Waals surface area contributed by atoms with E-state index < -0.39 is 0 Å². The number of hydrogen-bond acceptors (Lipinski definition) is 5. The van der Waals surface area contributed by atoms with E-state index in [9.17, 15) is 9.59 Å². The third-order valence-corrected chi connectivity index (χ3v) is 9.72. The maximum absolute atomic E-state index is 13.6. The van der Waals surface area contributed by atoms with Gasteiger partial charge >= 0.3 is 0 Å². The van der Waals surface area contributed by atoms with E-state index in [0.717, 1.165) is 65.7 Å². The lowest BCUT2D eigenvalue weighted by Gasteiger charge is -2.39. The second-order valence-electron chi connectivity index (χ2n) is 11.4. The van der Waals surface area contributed by atoms with Gasteiger partial charge in [0.2, 0.25) is 0 Å². The molecule has 0 bridgehead atoms. The summed E-state index contributed by atoms with van der Waals surface area (Å²) < 4.78 is 2.36. The highest BCUT2D eigenvalue weighted by Gasteiger charge is 2.34. The summed E-state index contributed by atoms with van der Waals surface area (Å²) in [7, 11) is 0. The number of H-pyrrole nitrogens is 1. The molecule has 7 nitrogen and oxygen atoms in total. The molecule has 0 saturated heterocycles. The molecular weight excluding hydrogens is 506 g/mol. The van der Waals surface area contributed by atoms with Crippen molar-refractivity contribution < 1.29 is 4.79 Å². The Bertz CT molecular complexity index is 1450. The zero-order chi connectivity index (χ0) is 27.7. The number of para-hydroxylation sites is 1. The van der Waals surface area contributed by atoms with Crippen molar-refractivity contribution in [2.24, 2.45) is 11.8 Å². The van der Waals surface area contributed by atoms with Crippen molar-refractivity contribution in [1.29, 1.82) is 5.26 Å². The van der Waals surface area contributed by atoms with Crippen molar-refractivity contribution in [3.05, 3.63) is 63.2 Å². The van der Waals surface area contributed by atoms with Gasteiger partial charge in [-0.2, -0.15) is 5.26 Å². The van der Waals surface area contributed by atoms with Crippen LogP contribution in [0.4, 0.5) is 0 Å². The summed E-state index contributed by atoms with van der Waals surface area (Å²) in [5.41, 5.74) is 4.00. The van der Waals surface area contributed by atoms with Crippen molar-refractivity contribution in [2.75, 3.05) is 6.26 Å². The van der Waals surface area contributed by atoms with Crippen LogP contribution in [0.3, 0.4) is 0 Å². The predicted molar refractivity (Wildman–Crippen MR) is 157 cm³/mol. The Morgan fingerprint density at radius 2 is 1.90 bits per heavy atom. The standard InChI is InChI=1S/C31H39N5O2S/c1-18-13-28(39-4)26(30(37)34-18)17-33-31(38)29-20(3)36(27-8-6-5-7-25(27)29)19(2)22-9-11-23(12-10-22)35-24-14-21(15-24)16-32/h5-8,13,19,21-24,35H,9-12,14-15,17H2,1-4H3,(H,33,38)(H,34,37)/t19-,21?,22?,23?,24?/m1/s1. The summed E-state index contributed by atoms with van der Waals surface area (Å²) in [6, 6.07) is 13.8. The molecule has 2 heterocycles. The van der Waals surface area contributed by atoms with Crippen LogP contribution in [0.5, 0.6) is 0 Å². The van der Waals surface area contributed by atoms with Crippen molar-refractivity contribution in [2.45, 2.75) is 88.9 Å². The molecule has 2 aromatic heterocycles. The van der Waals surface area contributed by atoms with Gasteiger partial charge in [-0.1, -0.05) is 18.2 Å². The molecule has 3 N–H and O–H groups in total. The van der Waals surface area contributed by atoms with Gasteiger partial charge < -0.3 is 20.2 Å². The van der Waals surface area contributed by atoms with Gasteiger partial charge in [-0.15, -0.1) is 11.8 Å². The smallest absolute Gasteiger partial charge is 0.254 e. The molecule has 5 rings (SSSR count). The summed E-state index contributed by atoms with van der Waals surface area (Å²) in [6.07, 6.45) is 8.52. The monoisotopic (exact) mass is 545 g/mol. The average molecular weight is 546 g/mol. The van der Waals surface area contributed by atoms with Crippen LogP contribution in [-0.4, -0.2) is 33.8 Å². The van der Waals surface area contributed by atoms with E-state index in [4.69, 9.17) is 5.26 Å². The molecule has 2 aliphatic rings. The highest BCUT2D eigenvalue weighted by molar-refractivity contribution is 7.98. The number of aromatic amines is 1. The zero-order valence-electron chi connectivity index (χ0n) is 23.3. The van der Waals surface area contributed by atoms with E-state index >= 15 is 0 Å². The zero-order valence-corrected chi connectivity index (χ0v) is 24.2. The lowest BCUT2D eigenvalue weighted by atomic mass is 9.78. The van der Waals surface area contributed by atoms with Crippen molar-refractivity contribution >= 4 is 28.6 Å². The second kappa shape index (κ2) is 11.6. The number of aryl methyl sites for hydroxylation is 1. The summed E-state index contributed by atoms with van der Waals surface area (Å²) in [4.78, 5) is 29.9. The van der Waals surface area contributed by atoms with Crippen molar-refractivity contribution in [3.63, 3.8) is 0 Å². The van der Waals surface area contributed by atoms with E-state index in [-0.39, 0.29) is 30.0 Å². The van der Waals surface area contributed by atoms with E-state index in [1.807, 2.05) is 44.4 Å². The fourth-order valence-corrected chi connectivity index (χ4v) is 7.37. The maximum Gasteiger partial charge on any atom is 0.254 e. The normalized spacial score (nSPS) is 23.7. The number of aromatic nitrogens is 2. The molecule has 0 radical (unpaired) electrons. The van der Waals surface area contributed by atoms with Crippen LogP contribution in [0, 0.1) is 37.0 Å². The minimum Gasteiger partial charge on any atom is -0.348 e. The number of carbonyl (C=O) groups excluding carboxylic acids is 1. The molecule has 2 aliphatic carbocycles. The Labute approximate surface area is 234 Å². The van der Waals surface area contributed by atoms with Crippen molar-refractivity contribution in [1.82, 2.24) is 20.2 Å². The van der Waals surface area contributed by atoms with Gasteiger partial charge in [-0.05, 0) is 83.6 Å². The van der Waals surface area contributed by atoms with E-state index in [1.165, 1.54) is 11.8 Å². The number of thioether (sulfide) groups is 1. The van der Waals surface area contributed by atoms with E-state index in [2.05, 4.69) is 39.2 Å². The van der Waals surface area contributed by atoms with Crippen LogP contribution in [0.2, 0.25) is 0 Å². The number of fused-ring (bicyclic) bond motifs is 1. The highest BCUT2D eigenvalue weighted by Crippen LogP contribution is 2.38. The minimum absolute atomic E-state index is 0.147. The van der Waals surface area contributed by atoms with Gasteiger partial charge in [-0.3, -0.25) is 9.59 Å². The minimum atomic E-state index is -0.153. The molecule has 0 aliphatic heterocycles.